The van der Waals surface area contributed by atoms with E-state index in [0.717, 1.165) is 0 Å². The molecule has 1 heterocycles. The number of imidazole rings is 1. The molecule has 38 heavy (non-hydrogen) atoms. The Morgan fingerprint density at radius 3 is 2.16 bits per heavy atom. The van der Waals surface area contributed by atoms with Gasteiger partial charge in [0, 0.05) is 30.5 Å². The van der Waals surface area contributed by atoms with Crippen LogP contribution < -0.4 is 27.4 Å². The maximum atomic E-state index is 13.4. The molecule has 0 radical (unpaired) electrons. The number of phenols is 1. The second kappa shape index (κ2) is 15.6. The number of H-pyrrole nitrogens is 1. The van der Waals surface area contributed by atoms with Gasteiger partial charge in [-0.15, -0.1) is 0 Å². The number of hydrogen-bond donors (Lipinski definition) is 9. The number of carbonyl (C=O) groups is 4. The fraction of sp³-hybridized carbons (Fsp3) is 0.458. The highest BCUT2D eigenvalue weighted by Crippen LogP contribution is 2.12. The minimum atomic E-state index is -1.26. The fourth-order valence-electron chi connectivity index (χ4n) is 3.57. The van der Waals surface area contributed by atoms with Crippen molar-refractivity contribution in [2.45, 2.75) is 56.3 Å². The highest BCUT2D eigenvalue weighted by Gasteiger charge is 2.30. The van der Waals surface area contributed by atoms with Crippen molar-refractivity contribution in [1.82, 2.24) is 25.9 Å². The van der Waals surface area contributed by atoms with Crippen LogP contribution in [0.4, 0.5) is 0 Å². The zero-order chi connectivity index (χ0) is 28.1. The van der Waals surface area contributed by atoms with Crippen LogP contribution in [0.5, 0.6) is 5.75 Å². The Bertz CT molecular complexity index is 1050. The van der Waals surface area contributed by atoms with Gasteiger partial charge in [-0.25, -0.2) is 9.78 Å². The average Bonchev–Trinajstić information content (AvgIpc) is 3.40. The summed E-state index contributed by atoms with van der Waals surface area (Å²) in [5, 5.41) is 26.5. The molecule has 4 atom stereocenters. The molecule has 208 valence electrons. The molecular formula is C24H35N7O6S. The molecule has 1 aromatic carbocycles. The van der Waals surface area contributed by atoms with Gasteiger partial charge in [0.1, 0.15) is 23.9 Å². The van der Waals surface area contributed by atoms with E-state index < -0.39 is 47.9 Å². The predicted octanol–water partition coefficient (Wildman–Crippen LogP) is -1.17. The smallest absolute Gasteiger partial charge is 0.327 e. The van der Waals surface area contributed by atoms with Crippen LogP contribution in [0.1, 0.15) is 30.5 Å². The number of aromatic hydroxyl groups is 1. The van der Waals surface area contributed by atoms with Gasteiger partial charge in [-0.3, -0.25) is 14.4 Å². The number of aromatic amines is 1. The third-order valence-electron chi connectivity index (χ3n) is 5.72. The molecule has 0 bridgehead atoms. The summed E-state index contributed by atoms with van der Waals surface area (Å²) in [5.74, 6) is -3.31. The largest absolute Gasteiger partial charge is 0.508 e. The number of amides is 3. The lowest BCUT2D eigenvalue weighted by Gasteiger charge is -2.25. The van der Waals surface area contributed by atoms with Gasteiger partial charge >= 0.3 is 5.97 Å². The highest BCUT2D eigenvalue weighted by molar-refractivity contribution is 7.80. The van der Waals surface area contributed by atoms with E-state index in [4.69, 9.17) is 11.5 Å². The number of carboxylic acid groups (broad SMARTS) is 1. The molecule has 2 aromatic rings. The fourth-order valence-corrected chi connectivity index (χ4v) is 3.82. The Kier molecular flexibility index (Phi) is 12.6. The molecule has 0 fully saturated rings. The molecule has 14 heteroatoms. The summed E-state index contributed by atoms with van der Waals surface area (Å²) in [7, 11) is 0. The van der Waals surface area contributed by atoms with E-state index in [9.17, 15) is 29.4 Å². The first-order valence-electron chi connectivity index (χ1n) is 12.1. The molecule has 0 spiro atoms. The summed E-state index contributed by atoms with van der Waals surface area (Å²) in [4.78, 5) is 57.2. The normalized spacial score (nSPS) is 14.1. The molecule has 13 nitrogen and oxygen atoms in total. The van der Waals surface area contributed by atoms with Crippen molar-refractivity contribution in [2.24, 2.45) is 11.5 Å². The molecule has 0 aliphatic heterocycles. The van der Waals surface area contributed by atoms with E-state index in [2.05, 4.69) is 38.5 Å². The highest BCUT2D eigenvalue weighted by atomic mass is 32.1. The van der Waals surface area contributed by atoms with Crippen molar-refractivity contribution in [1.29, 1.82) is 0 Å². The van der Waals surface area contributed by atoms with E-state index in [0.29, 0.717) is 30.6 Å². The zero-order valence-electron chi connectivity index (χ0n) is 20.8. The zero-order valence-corrected chi connectivity index (χ0v) is 21.7. The number of aliphatic carboxylic acids is 1. The second-order valence-corrected chi connectivity index (χ2v) is 9.11. The number of hydrogen-bond acceptors (Lipinski definition) is 9. The van der Waals surface area contributed by atoms with Crippen LogP contribution in [0.25, 0.3) is 0 Å². The minimum absolute atomic E-state index is 0.0363. The molecule has 1 aromatic heterocycles. The summed E-state index contributed by atoms with van der Waals surface area (Å²) < 4.78 is 0. The molecule has 4 unspecified atom stereocenters. The van der Waals surface area contributed by atoms with Crippen LogP contribution in [-0.2, 0) is 32.0 Å². The van der Waals surface area contributed by atoms with Gasteiger partial charge in [-0.2, -0.15) is 12.6 Å². The van der Waals surface area contributed by atoms with E-state index in [1.54, 1.807) is 12.1 Å². The minimum Gasteiger partial charge on any atom is -0.508 e. The van der Waals surface area contributed by atoms with Gasteiger partial charge in [-0.05, 0) is 43.5 Å². The first kappa shape index (κ1) is 30.6. The second-order valence-electron chi connectivity index (χ2n) is 8.75. The molecule has 0 saturated carbocycles. The lowest BCUT2D eigenvalue weighted by molar-refractivity contribution is -0.141. The first-order valence-corrected chi connectivity index (χ1v) is 12.7. The number of nitrogens with two attached hydrogens (primary N) is 2. The number of carbonyl (C=O) groups excluding carboxylic acids is 3. The summed E-state index contributed by atoms with van der Waals surface area (Å²) in [6.07, 6.45) is 4.48. The Balaban J connectivity index is 2.20. The first-order chi connectivity index (χ1) is 18.1. The third kappa shape index (κ3) is 10.0. The SMILES string of the molecule is NCCCCC(NC(=O)C(Cc1ccc(O)cc1)NC(=O)C(N)Cc1cnc[nH]1)C(=O)NC(CS)C(=O)O. The number of phenolic OH excluding ortho intramolecular Hbond substituents is 1. The van der Waals surface area contributed by atoms with E-state index in [1.165, 1.54) is 24.7 Å². The average molecular weight is 550 g/mol. The Labute approximate surface area is 225 Å². The van der Waals surface area contributed by atoms with Crippen molar-refractivity contribution in [3.8, 4) is 5.75 Å². The number of carboxylic acids is 1. The standard InChI is InChI=1S/C24H35N7O6S/c25-8-2-1-3-18(22(34)31-20(12-38)24(36)37)29-23(35)19(9-14-4-6-16(32)7-5-14)30-21(33)17(26)10-15-11-27-13-28-15/h4-7,11,13,17-20,32,38H,1-3,8-10,12,25-26H2,(H,27,28)(H,29,35)(H,30,33)(H,31,34)(H,36,37). The van der Waals surface area contributed by atoms with Gasteiger partial charge in [-0.1, -0.05) is 12.1 Å². The van der Waals surface area contributed by atoms with Crippen LogP contribution >= 0.6 is 12.6 Å². The van der Waals surface area contributed by atoms with Gasteiger partial charge < -0.3 is 42.6 Å². The van der Waals surface area contributed by atoms with Crippen molar-refractivity contribution in [3.05, 3.63) is 48.0 Å². The number of thiol groups is 1. The third-order valence-corrected chi connectivity index (χ3v) is 6.08. The van der Waals surface area contributed by atoms with Crippen molar-refractivity contribution < 1.29 is 29.4 Å². The summed E-state index contributed by atoms with van der Waals surface area (Å²) in [5.41, 5.74) is 12.9. The maximum absolute atomic E-state index is 13.4. The van der Waals surface area contributed by atoms with Gasteiger partial charge in [0.25, 0.3) is 0 Å². The van der Waals surface area contributed by atoms with Crippen molar-refractivity contribution in [3.63, 3.8) is 0 Å². The molecular weight excluding hydrogens is 514 g/mol. The number of aromatic nitrogens is 2. The summed E-state index contributed by atoms with van der Waals surface area (Å²) in [6.45, 7) is 0.379. The molecule has 0 saturated heterocycles. The number of rotatable bonds is 16. The van der Waals surface area contributed by atoms with E-state index in [-0.39, 0.29) is 30.8 Å². The number of unbranched alkanes of at least 4 members (excludes halogenated alkanes) is 1. The maximum Gasteiger partial charge on any atom is 0.327 e. The lowest BCUT2D eigenvalue weighted by Crippen LogP contribution is -2.58. The van der Waals surface area contributed by atoms with Gasteiger partial charge in [0.2, 0.25) is 17.7 Å². The van der Waals surface area contributed by atoms with Crippen LogP contribution in [0, 0.1) is 0 Å². The Hall–Kier alpha value is -3.62. The van der Waals surface area contributed by atoms with E-state index >= 15 is 0 Å². The summed E-state index contributed by atoms with van der Waals surface area (Å²) >= 11 is 3.95. The van der Waals surface area contributed by atoms with Gasteiger partial charge in [0.15, 0.2) is 0 Å². The lowest BCUT2D eigenvalue weighted by atomic mass is 10.0. The van der Waals surface area contributed by atoms with Crippen LogP contribution in [0.15, 0.2) is 36.8 Å². The summed E-state index contributed by atoms with van der Waals surface area (Å²) in [6, 6.07) is 1.67. The number of nitrogens with one attached hydrogen (secondary N) is 4. The monoisotopic (exact) mass is 549 g/mol. The molecule has 2 rings (SSSR count). The van der Waals surface area contributed by atoms with Crippen LogP contribution in [-0.4, -0.2) is 80.3 Å². The Morgan fingerprint density at radius 2 is 1.58 bits per heavy atom. The van der Waals surface area contributed by atoms with Crippen LogP contribution in [0.3, 0.4) is 0 Å². The molecule has 0 aliphatic rings. The Morgan fingerprint density at radius 1 is 0.947 bits per heavy atom. The number of nitrogens with zero attached hydrogens (tertiary/aromatic N) is 1. The predicted molar refractivity (Wildman–Crippen MR) is 142 cm³/mol. The van der Waals surface area contributed by atoms with Crippen molar-refractivity contribution >= 4 is 36.3 Å². The molecule has 0 aliphatic carbocycles. The van der Waals surface area contributed by atoms with Crippen LogP contribution in [0.2, 0.25) is 0 Å². The van der Waals surface area contributed by atoms with Gasteiger partial charge in [0.05, 0.1) is 12.4 Å². The van der Waals surface area contributed by atoms with Crippen molar-refractivity contribution in [2.75, 3.05) is 12.3 Å². The molecule has 10 N–H and O–H groups in total. The molecule has 3 amide bonds. The quantitative estimate of drug-likeness (QED) is 0.0906. The topological polar surface area (TPSA) is 226 Å². The number of benzene rings is 1. The van der Waals surface area contributed by atoms with E-state index in [1.807, 2.05) is 0 Å².